The number of hydrogen-bond acceptors (Lipinski definition) is 4. The third kappa shape index (κ3) is 3.93. The molecule has 0 aliphatic heterocycles. The van der Waals surface area contributed by atoms with Crippen molar-refractivity contribution in [2.45, 2.75) is 71.6 Å². The fourth-order valence-corrected chi connectivity index (χ4v) is 8.51. The molecular formula is C33H41NO3. The highest BCUT2D eigenvalue weighted by molar-refractivity contribution is 5.93. The van der Waals surface area contributed by atoms with Crippen LogP contribution in [0.5, 0.6) is 0 Å². The minimum atomic E-state index is -0.713. The van der Waals surface area contributed by atoms with Crippen molar-refractivity contribution in [3.05, 3.63) is 52.6 Å². The Morgan fingerprint density at radius 3 is 2.57 bits per heavy atom. The van der Waals surface area contributed by atoms with Crippen molar-refractivity contribution in [3.8, 4) is 11.8 Å². The van der Waals surface area contributed by atoms with E-state index in [2.05, 4.69) is 68.9 Å². The number of fused-ring (bicyclic) bond motifs is 4. The van der Waals surface area contributed by atoms with Crippen LogP contribution in [0.4, 0.5) is 5.69 Å². The molecule has 4 aliphatic carbocycles. The SMILES string of the molecule is CCC(=O)[C@@]1(C#CCO)CC[C@H]2[C@@H]3CC(C)C4=CC(=O)CCC4=C3[C@@H](c3ccc(N(C)C)cc3)C[C@@]21C. The molecule has 1 aromatic rings. The first-order valence-corrected chi connectivity index (χ1v) is 14.1. The van der Waals surface area contributed by atoms with E-state index in [-0.39, 0.29) is 29.5 Å². The summed E-state index contributed by atoms with van der Waals surface area (Å²) in [5.41, 5.74) is 5.70. The summed E-state index contributed by atoms with van der Waals surface area (Å²) in [6.45, 7) is 6.34. The molecule has 0 spiro atoms. The molecule has 4 heteroatoms. The average Bonchev–Trinajstić information content (AvgIpc) is 3.19. The maximum Gasteiger partial charge on any atom is 0.156 e. The number of carbonyl (C=O) groups excluding carboxylic acids is 2. The molecular weight excluding hydrogens is 458 g/mol. The molecule has 4 nitrogen and oxygen atoms in total. The Bertz CT molecular complexity index is 1230. The highest BCUT2D eigenvalue weighted by Crippen LogP contribution is 2.70. The average molecular weight is 500 g/mol. The van der Waals surface area contributed by atoms with Crippen molar-refractivity contribution >= 4 is 17.3 Å². The molecule has 6 atom stereocenters. The lowest BCUT2D eigenvalue weighted by Gasteiger charge is -2.55. The number of carbonyl (C=O) groups is 2. The van der Waals surface area contributed by atoms with Gasteiger partial charge < -0.3 is 10.0 Å². The number of aliphatic hydroxyl groups excluding tert-OH is 1. The first-order chi connectivity index (χ1) is 17.7. The maximum absolute atomic E-state index is 13.7. The largest absolute Gasteiger partial charge is 0.384 e. The highest BCUT2D eigenvalue weighted by Gasteiger charge is 2.65. The van der Waals surface area contributed by atoms with Gasteiger partial charge in [0.2, 0.25) is 0 Å². The second-order valence-corrected chi connectivity index (χ2v) is 12.2. The van der Waals surface area contributed by atoms with Crippen molar-refractivity contribution in [1.29, 1.82) is 0 Å². The zero-order valence-electron chi connectivity index (χ0n) is 23.1. The van der Waals surface area contributed by atoms with E-state index in [9.17, 15) is 14.7 Å². The fourth-order valence-electron chi connectivity index (χ4n) is 8.51. The first kappa shape index (κ1) is 26.0. The zero-order valence-corrected chi connectivity index (χ0v) is 23.1. The molecule has 5 rings (SSSR count). The van der Waals surface area contributed by atoms with Gasteiger partial charge >= 0.3 is 0 Å². The number of nitrogens with zero attached hydrogens (tertiary/aromatic N) is 1. The molecule has 2 saturated carbocycles. The van der Waals surface area contributed by atoms with Crippen LogP contribution < -0.4 is 4.90 Å². The van der Waals surface area contributed by atoms with Crippen LogP contribution in [0.1, 0.15) is 77.2 Å². The van der Waals surface area contributed by atoms with Gasteiger partial charge in [-0.25, -0.2) is 0 Å². The predicted octanol–water partition coefficient (Wildman–Crippen LogP) is 5.86. The lowest BCUT2D eigenvalue weighted by Crippen LogP contribution is -2.51. The van der Waals surface area contributed by atoms with Gasteiger partial charge in [0.25, 0.3) is 0 Å². The first-order valence-electron chi connectivity index (χ1n) is 14.1. The second-order valence-electron chi connectivity index (χ2n) is 12.2. The molecule has 196 valence electrons. The van der Waals surface area contributed by atoms with Crippen LogP contribution in [0.2, 0.25) is 0 Å². The summed E-state index contributed by atoms with van der Waals surface area (Å²) in [4.78, 5) is 28.3. The van der Waals surface area contributed by atoms with Gasteiger partial charge in [0, 0.05) is 38.5 Å². The number of hydrogen-bond donors (Lipinski definition) is 1. The molecule has 2 fully saturated rings. The van der Waals surface area contributed by atoms with Gasteiger partial charge in [-0.2, -0.15) is 0 Å². The Morgan fingerprint density at radius 1 is 1.19 bits per heavy atom. The summed E-state index contributed by atoms with van der Waals surface area (Å²) in [5.74, 6) is 8.07. The molecule has 1 N–H and O–H groups in total. The number of ketones is 2. The lowest BCUT2D eigenvalue weighted by atomic mass is 9.47. The van der Waals surface area contributed by atoms with E-state index in [1.54, 1.807) is 0 Å². The van der Waals surface area contributed by atoms with Gasteiger partial charge in [0.1, 0.15) is 6.61 Å². The van der Waals surface area contributed by atoms with Gasteiger partial charge in [-0.05, 0) is 90.2 Å². The minimum Gasteiger partial charge on any atom is -0.384 e. The van der Waals surface area contributed by atoms with E-state index < -0.39 is 5.41 Å². The molecule has 0 aromatic heterocycles. The van der Waals surface area contributed by atoms with Crippen LogP contribution in [0.25, 0.3) is 0 Å². The van der Waals surface area contributed by atoms with Gasteiger partial charge in [-0.15, -0.1) is 0 Å². The quantitative estimate of drug-likeness (QED) is 0.527. The smallest absolute Gasteiger partial charge is 0.156 e. The maximum atomic E-state index is 13.7. The summed E-state index contributed by atoms with van der Waals surface area (Å²) in [5, 5.41) is 9.62. The molecule has 0 radical (unpaired) electrons. The van der Waals surface area contributed by atoms with Crippen molar-refractivity contribution in [1.82, 2.24) is 0 Å². The summed E-state index contributed by atoms with van der Waals surface area (Å²) >= 11 is 0. The molecule has 1 aromatic carbocycles. The molecule has 0 bridgehead atoms. The van der Waals surface area contributed by atoms with Gasteiger partial charge in [-0.3, -0.25) is 9.59 Å². The number of allylic oxidation sites excluding steroid dienone is 4. The van der Waals surface area contributed by atoms with E-state index in [4.69, 9.17) is 0 Å². The Morgan fingerprint density at radius 2 is 1.92 bits per heavy atom. The number of Topliss-reactive ketones (excluding diaryl/α,β-unsaturated/α-hetero) is 1. The van der Waals surface area contributed by atoms with Crippen molar-refractivity contribution < 1.29 is 14.7 Å². The molecule has 0 heterocycles. The van der Waals surface area contributed by atoms with Gasteiger partial charge in [0.15, 0.2) is 11.6 Å². The molecule has 37 heavy (non-hydrogen) atoms. The topological polar surface area (TPSA) is 57.6 Å². The molecule has 1 unspecified atom stereocenters. The van der Waals surface area contributed by atoms with Crippen LogP contribution in [0.15, 0.2) is 47.1 Å². The Kier molecular flexibility index (Phi) is 6.73. The molecule has 0 saturated heterocycles. The van der Waals surface area contributed by atoms with E-state index in [1.165, 1.54) is 28.0 Å². The van der Waals surface area contributed by atoms with Crippen LogP contribution in [0.3, 0.4) is 0 Å². The molecule has 0 amide bonds. The Hall–Kier alpha value is -2.64. The standard InChI is InChI=1S/C33H41NO3/c1-6-30(37)33(15-7-17-35)16-14-29-27-18-21(2)26-19-24(36)12-13-25(26)31(27)28(20-32(29,33)3)22-8-10-23(11-9-22)34(4)5/h8-11,19,21,27-29,35H,6,12-14,16-18,20H2,1-5H3/t21?,27-,28+,29-,32-,33+/m0/s1. The van der Waals surface area contributed by atoms with Crippen LogP contribution >= 0.6 is 0 Å². The van der Waals surface area contributed by atoms with E-state index in [0.717, 1.165) is 32.1 Å². The fraction of sp³-hybridized carbons (Fsp3) is 0.576. The Labute approximate surface area is 222 Å². The van der Waals surface area contributed by atoms with Gasteiger partial charge in [0.05, 0.1) is 5.41 Å². The molecule has 4 aliphatic rings. The van der Waals surface area contributed by atoms with Gasteiger partial charge in [-0.1, -0.05) is 50.3 Å². The monoisotopic (exact) mass is 499 g/mol. The summed E-state index contributed by atoms with van der Waals surface area (Å²) in [7, 11) is 4.12. The van der Waals surface area contributed by atoms with E-state index in [0.29, 0.717) is 30.6 Å². The second kappa shape index (κ2) is 9.59. The number of rotatable bonds is 4. The van der Waals surface area contributed by atoms with E-state index in [1.807, 2.05) is 13.0 Å². The summed E-state index contributed by atoms with van der Waals surface area (Å²) in [6, 6.07) is 8.92. The normalized spacial score (nSPS) is 34.5. The van der Waals surface area contributed by atoms with Crippen molar-refractivity contribution in [3.63, 3.8) is 0 Å². The summed E-state index contributed by atoms with van der Waals surface area (Å²) in [6.07, 6.45) is 7.48. The third-order valence-corrected chi connectivity index (χ3v) is 10.3. The van der Waals surface area contributed by atoms with E-state index >= 15 is 0 Å². The number of benzene rings is 1. The lowest BCUT2D eigenvalue weighted by molar-refractivity contribution is -0.132. The summed E-state index contributed by atoms with van der Waals surface area (Å²) < 4.78 is 0. The number of aliphatic hydroxyl groups is 1. The highest BCUT2D eigenvalue weighted by atomic mass is 16.2. The predicted molar refractivity (Wildman–Crippen MR) is 148 cm³/mol. The zero-order chi connectivity index (χ0) is 26.5. The Balaban J connectivity index is 1.72. The van der Waals surface area contributed by atoms with Crippen LogP contribution in [0, 0.1) is 40.4 Å². The van der Waals surface area contributed by atoms with Crippen LogP contribution in [-0.4, -0.2) is 37.4 Å². The number of anilines is 1. The van der Waals surface area contributed by atoms with Crippen molar-refractivity contribution in [2.75, 3.05) is 25.6 Å². The third-order valence-electron chi connectivity index (χ3n) is 10.3. The van der Waals surface area contributed by atoms with Crippen molar-refractivity contribution in [2.24, 2.45) is 28.6 Å². The minimum absolute atomic E-state index is 0.194. The van der Waals surface area contributed by atoms with Crippen LogP contribution in [-0.2, 0) is 9.59 Å².